The summed E-state index contributed by atoms with van der Waals surface area (Å²) in [5, 5.41) is 3.59. The van der Waals surface area contributed by atoms with Crippen LogP contribution in [0.4, 0.5) is 13.2 Å². The first-order valence-corrected chi connectivity index (χ1v) is 11.7. The van der Waals surface area contributed by atoms with Crippen LogP contribution in [0.3, 0.4) is 0 Å². The summed E-state index contributed by atoms with van der Waals surface area (Å²) >= 11 is 12.3. The second-order valence-electron chi connectivity index (χ2n) is 8.94. The SMILES string of the molecule is CN1CCN(C(=O)C(Cc2cc(F)c(F)c(F)c2)NC(=O)C2(c3ccc(Cl)cc3Cl)CC2)CC1. The highest BCUT2D eigenvalue weighted by Gasteiger charge is 2.53. The molecule has 2 amide bonds. The number of likely N-dealkylation sites (N-methyl/N-ethyl adjacent to an activating group) is 1. The van der Waals surface area contributed by atoms with Crippen LogP contribution in [0.2, 0.25) is 10.0 Å². The van der Waals surface area contributed by atoms with Crippen molar-refractivity contribution in [3.8, 4) is 0 Å². The fourth-order valence-corrected chi connectivity index (χ4v) is 4.92. The Kier molecular flexibility index (Phi) is 7.12. The number of hydrogen-bond acceptors (Lipinski definition) is 3. The van der Waals surface area contributed by atoms with Crippen molar-refractivity contribution in [2.75, 3.05) is 33.2 Å². The maximum absolute atomic E-state index is 13.8. The van der Waals surface area contributed by atoms with Gasteiger partial charge in [0, 0.05) is 42.6 Å². The lowest BCUT2D eigenvalue weighted by Crippen LogP contribution is -2.56. The van der Waals surface area contributed by atoms with E-state index in [1.54, 1.807) is 23.1 Å². The Morgan fingerprint density at radius 1 is 1.03 bits per heavy atom. The first-order valence-electron chi connectivity index (χ1n) is 11.0. The van der Waals surface area contributed by atoms with E-state index in [4.69, 9.17) is 23.2 Å². The zero-order valence-corrected chi connectivity index (χ0v) is 20.0. The van der Waals surface area contributed by atoms with Gasteiger partial charge in [0.25, 0.3) is 0 Å². The van der Waals surface area contributed by atoms with Crippen LogP contribution in [0.5, 0.6) is 0 Å². The van der Waals surface area contributed by atoms with Gasteiger partial charge in [0.15, 0.2) is 17.5 Å². The molecule has 0 spiro atoms. The number of halogens is 5. The van der Waals surface area contributed by atoms with E-state index in [0.29, 0.717) is 54.6 Å². The van der Waals surface area contributed by atoms with Gasteiger partial charge in [0.1, 0.15) is 6.04 Å². The van der Waals surface area contributed by atoms with Gasteiger partial charge in [-0.25, -0.2) is 13.2 Å². The molecular formula is C24H24Cl2F3N3O2. The highest BCUT2D eigenvalue weighted by Crippen LogP contribution is 2.51. The predicted molar refractivity (Wildman–Crippen MR) is 123 cm³/mol. The molecule has 1 atom stereocenters. The minimum absolute atomic E-state index is 0.0681. The molecule has 10 heteroatoms. The first kappa shape index (κ1) is 24.8. The number of nitrogens with zero attached hydrogens (tertiary/aromatic N) is 2. The Hall–Kier alpha value is -2.29. The number of hydrogen-bond donors (Lipinski definition) is 1. The van der Waals surface area contributed by atoms with E-state index in [9.17, 15) is 22.8 Å². The number of rotatable bonds is 6. The lowest BCUT2D eigenvalue weighted by atomic mass is 9.93. The van der Waals surface area contributed by atoms with Crippen LogP contribution >= 0.6 is 23.2 Å². The average Bonchev–Trinajstić information content (AvgIpc) is 3.59. The predicted octanol–water partition coefficient (Wildman–Crippen LogP) is 3.94. The van der Waals surface area contributed by atoms with Crippen molar-refractivity contribution in [2.45, 2.75) is 30.7 Å². The minimum atomic E-state index is -1.58. The van der Waals surface area contributed by atoms with E-state index in [-0.39, 0.29) is 17.9 Å². The first-order chi connectivity index (χ1) is 16.1. The summed E-state index contributed by atoms with van der Waals surface area (Å²) < 4.78 is 41.1. The largest absolute Gasteiger partial charge is 0.343 e. The van der Waals surface area contributed by atoms with Crippen LogP contribution in [0.25, 0.3) is 0 Å². The third-order valence-corrected chi connectivity index (χ3v) is 7.08. The monoisotopic (exact) mass is 513 g/mol. The number of benzene rings is 2. The molecule has 1 heterocycles. The molecule has 2 aliphatic rings. The Morgan fingerprint density at radius 2 is 1.65 bits per heavy atom. The molecule has 1 aliphatic heterocycles. The second-order valence-corrected chi connectivity index (χ2v) is 9.78. The van der Waals surface area contributed by atoms with Crippen molar-refractivity contribution in [3.05, 3.63) is 69.0 Å². The topological polar surface area (TPSA) is 52.6 Å². The zero-order chi connectivity index (χ0) is 24.6. The molecule has 4 rings (SSSR count). The fourth-order valence-electron chi connectivity index (χ4n) is 4.33. The molecule has 0 aromatic heterocycles. The van der Waals surface area contributed by atoms with Crippen molar-refractivity contribution in [2.24, 2.45) is 0 Å². The molecule has 1 unspecified atom stereocenters. The quantitative estimate of drug-likeness (QED) is 0.595. The summed E-state index contributed by atoms with van der Waals surface area (Å²) in [6.45, 7) is 2.25. The van der Waals surface area contributed by atoms with Crippen molar-refractivity contribution in [1.82, 2.24) is 15.1 Å². The smallest absolute Gasteiger partial charge is 0.245 e. The van der Waals surface area contributed by atoms with Crippen LogP contribution in [0.15, 0.2) is 30.3 Å². The Morgan fingerprint density at radius 3 is 2.21 bits per heavy atom. The summed E-state index contributed by atoms with van der Waals surface area (Å²) in [5.74, 6) is -5.03. The van der Waals surface area contributed by atoms with Gasteiger partial charge in [-0.3, -0.25) is 9.59 Å². The van der Waals surface area contributed by atoms with Gasteiger partial charge in [-0.05, 0) is 55.3 Å². The van der Waals surface area contributed by atoms with Crippen molar-refractivity contribution in [1.29, 1.82) is 0 Å². The van der Waals surface area contributed by atoms with Crippen LogP contribution < -0.4 is 5.32 Å². The lowest BCUT2D eigenvalue weighted by Gasteiger charge is -2.35. The van der Waals surface area contributed by atoms with Gasteiger partial charge in [-0.2, -0.15) is 0 Å². The van der Waals surface area contributed by atoms with E-state index >= 15 is 0 Å². The molecule has 0 radical (unpaired) electrons. The van der Waals surface area contributed by atoms with Crippen LogP contribution in [-0.4, -0.2) is 60.9 Å². The average molecular weight is 514 g/mol. The van der Waals surface area contributed by atoms with Gasteiger partial charge in [0.05, 0.1) is 5.41 Å². The second kappa shape index (κ2) is 9.76. The molecule has 34 heavy (non-hydrogen) atoms. The van der Waals surface area contributed by atoms with Crippen LogP contribution in [0, 0.1) is 17.5 Å². The minimum Gasteiger partial charge on any atom is -0.343 e. The van der Waals surface area contributed by atoms with Crippen LogP contribution in [0.1, 0.15) is 24.0 Å². The summed E-state index contributed by atoms with van der Waals surface area (Å²) in [4.78, 5) is 30.5. The molecule has 1 N–H and O–H groups in total. The number of amides is 2. The molecule has 1 saturated carbocycles. The molecular weight excluding hydrogens is 490 g/mol. The number of carbonyl (C=O) groups excluding carboxylic acids is 2. The fraction of sp³-hybridized carbons (Fsp3) is 0.417. The molecule has 182 valence electrons. The standard InChI is InChI=1S/C24H24Cl2F3N3O2/c1-31-6-8-32(9-7-31)22(33)20(12-14-10-18(27)21(29)19(28)11-14)30-23(34)24(4-5-24)16-3-2-15(25)13-17(16)26/h2-3,10-11,13,20H,4-9,12H2,1H3,(H,30,34). The highest BCUT2D eigenvalue weighted by atomic mass is 35.5. The number of carbonyl (C=O) groups is 2. The van der Waals surface area contributed by atoms with Gasteiger partial charge < -0.3 is 15.1 Å². The summed E-state index contributed by atoms with van der Waals surface area (Å²) in [7, 11) is 1.94. The van der Waals surface area contributed by atoms with Crippen molar-refractivity contribution in [3.63, 3.8) is 0 Å². The Labute approximate surface area is 205 Å². The van der Waals surface area contributed by atoms with E-state index in [1.165, 1.54) is 0 Å². The lowest BCUT2D eigenvalue weighted by molar-refractivity contribution is -0.138. The maximum atomic E-state index is 13.8. The van der Waals surface area contributed by atoms with Crippen molar-refractivity contribution < 1.29 is 22.8 Å². The zero-order valence-electron chi connectivity index (χ0n) is 18.5. The molecule has 1 aliphatic carbocycles. The third-order valence-electron chi connectivity index (χ3n) is 6.53. The van der Waals surface area contributed by atoms with E-state index in [0.717, 1.165) is 12.1 Å². The normalized spacial score (nSPS) is 18.5. The summed E-state index contributed by atoms with van der Waals surface area (Å²) in [5.41, 5.74) is -0.221. The van der Waals surface area contributed by atoms with Gasteiger partial charge in [0.2, 0.25) is 11.8 Å². The summed E-state index contributed by atoms with van der Waals surface area (Å²) in [6, 6.07) is 5.51. The van der Waals surface area contributed by atoms with Crippen LogP contribution in [-0.2, 0) is 21.4 Å². The van der Waals surface area contributed by atoms with Crippen molar-refractivity contribution >= 4 is 35.0 Å². The third kappa shape index (κ3) is 5.04. The molecule has 2 aromatic rings. The van der Waals surface area contributed by atoms with Gasteiger partial charge in [-0.15, -0.1) is 0 Å². The molecule has 2 aromatic carbocycles. The molecule has 5 nitrogen and oxygen atoms in total. The summed E-state index contributed by atoms with van der Waals surface area (Å²) in [6.07, 6.45) is 0.889. The van der Waals surface area contributed by atoms with E-state index in [2.05, 4.69) is 10.2 Å². The number of piperazine rings is 1. The number of nitrogens with one attached hydrogen (secondary N) is 1. The van der Waals surface area contributed by atoms with E-state index < -0.39 is 34.8 Å². The Balaban J connectivity index is 1.60. The molecule has 1 saturated heterocycles. The van der Waals surface area contributed by atoms with E-state index in [1.807, 2.05) is 7.05 Å². The highest BCUT2D eigenvalue weighted by molar-refractivity contribution is 6.35. The van der Waals surface area contributed by atoms with Gasteiger partial charge >= 0.3 is 0 Å². The maximum Gasteiger partial charge on any atom is 0.245 e. The molecule has 0 bridgehead atoms. The molecule has 2 fully saturated rings. The van der Waals surface area contributed by atoms with Gasteiger partial charge in [-0.1, -0.05) is 29.3 Å². The Bertz CT molecular complexity index is 1100.